The molecule has 1 saturated carbocycles. The van der Waals surface area contributed by atoms with E-state index >= 15 is 0 Å². The Morgan fingerprint density at radius 1 is 1.21 bits per heavy atom. The fourth-order valence-electron chi connectivity index (χ4n) is 4.08. The van der Waals surface area contributed by atoms with Crippen molar-refractivity contribution in [2.75, 3.05) is 20.8 Å². The molecule has 1 aliphatic carbocycles. The zero-order valence-corrected chi connectivity index (χ0v) is 19.3. The molecule has 1 atom stereocenters. The van der Waals surface area contributed by atoms with Gasteiger partial charge in [0, 0.05) is 30.1 Å². The molecule has 1 N–H and O–H groups in total. The highest BCUT2D eigenvalue weighted by molar-refractivity contribution is 6.31. The monoisotopic (exact) mass is 471 g/mol. The maximum absolute atomic E-state index is 13.1. The molecule has 33 heavy (non-hydrogen) atoms. The number of phenols is 1. The van der Waals surface area contributed by atoms with Gasteiger partial charge in [0.2, 0.25) is 0 Å². The van der Waals surface area contributed by atoms with Crippen LogP contribution in [0.5, 0.6) is 11.5 Å². The van der Waals surface area contributed by atoms with Crippen LogP contribution in [0.25, 0.3) is 6.08 Å². The Balaban J connectivity index is 1.71. The number of methoxy groups -OCH3 is 1. The number of carbonyl (C=O) groups excluding carboxylic acids is 3. The Morgan fingerprint density at radius 2 is 1.97 bits per heavy atom. The molecule has 1 aliphatic rings. The van der Waals surface area contributed by atoms with Crippen molar-refractivity contribution >= 4 is 35.3 Å². The first-order valence-electron chi connectivity index (χ1n) is 10.6. The summed E-state index contributed by atoms with van der Waals surface area (Å²) in [6.45, 7) is -0.516. The number of esters is 1. The van der Waals surface area contributed by atoms with Crippen LogP contribution < -0.4 is 4.74 Å². The Morgan fingerprint density at radius 3 is 2.67 bits per heavy atom. The fraction of sp³-hybridized carbons (Fsp3) is 0.320. The number of hydrogen-bond acceptors (Lipinski definition) is 6. The predicted molar refractivity (Wildman–Crippen MR) is 124 cm³/mol. The molecule has 0 aromatic heterocycles. The van der Waals surface area contributed by atoms with Gasteiger partial charge in [0.1, 0.15) is 5.54 Å². The van der Waals surface area contributed by atoms with E-state index in [1.807, 2.05) is 0 Å². The molecule has 3 rings (SSSR count). The molecule has 0 saturated heterocycles. The number of likely N-dealkylation sites (N-methyl/N-ethyl adjacent to an activating group) is 1. The smallest absolute Gasteiger partial charge is 0.331 e. The van der Waals surface area contributed by atoms with Crippen molar-refractivity contribution in [2.24, 2.45) is 0 Å². The maximum atomic E-state index is 13.1. The van der Waals surface area contributed by atoms with E-state index in [2.05, 4.69) is 0 Å². The minimum absolute atomic E-state index is 0.0180. The van der Waals surface area contributed by atoms with Crippen molar-refractivity contribution in [3.63, 3.8) is 0 Å². The number of phenolic OH excluding ortho intramolecular Hbond substituents is 1. The van der Waals surface area contributed by atoms with Crippen LogP contribution in [-0.2, 0) is 24.7 Å². The lowest BCUT2D eigenvalue weighted by atomic mass is 9.74. The summed E-state index contributed by atoms with van der Waals surface area (Å²) in [7, 11) is 2.96. The number of Topliss-reactive ketones (excluding diaryl/α,β-unsaturated/α-hetero) is 1. The van der Waals surface area contributed by atoms with Crippen molar-refractivity contribution in [3.8, 4) is 11.5 Å². The average Bonchev–Trinajstić information content (AvgIpc) is 2.82. The fourth-order valence-corrected chi connectivity index (χ4v) is 4.37. The molecule has 0 radical (unpaired) electrons. The van der Waals surface area contributed by atoms with Gasteiger partial charge in [-0.05, 0) is 49.1 Å². The van der Waals surface area contributed by atoms with Crippen molar-refractivity contribution in [1.82, 2.24) is 4.90 Å². The topological polar surface area (TPSA) is 93.1 Å². The summed E-state index contributed by atoms with van der Waals surface area (Å²) in [5.41, 5.74) is 0.00801. The largest absolute Gasteiger partial charge is 0.504 e. The molecule has 174 valence electrons. The number of ether oxygens (including phenoxy) is 2. The summed E-state index contributed by atoms with van der Waals surface area (Å²) in [5.74, 6) is -1.05. The van der Waals surface area contributed by atoms with Gasteiger partial charge >= 0.3 is 5.97 Å². The van der Waals surface area contributed by atoms with Crippen molar-refractivity contribution in [3.05, 3.63) is 64.7 Å². The summed E-state index contributed by atoms with van der Waals surface area (Å²) in [5, 5.41) is 10.1. The molecule has 0 heterocycles. The normalized spacial score (nSPS) is 18.2. The number of aromatic hydroxyl groups is 1. The van der Waals surface area contributed by atoms with E-state index in [1.165, 1.54) is 30.2 Å². The molecule has 0 aliphatic heterocycles. The minimum Gasteiger partial charge on any atom is -0.504 e. The van der Waals surface area contributed by atoms with Crippen molar-refractivity contribution in [2.45, 2.75) is 31.2 Å². The van der Waals surface area contributed by atoms with Gasteiger partial charge in [-0.15, -0.1) is 0 Å². The number of benzene rings is 2. The lowest BCUT2D eigenvalue weighted by Gasteiger charge is -2.43. The van der Waals surface area contributed by atoms with Crippen LogP contribution in [0.15, 0.2) is 48.5 Å². The first-order chi connectivity index (χ1) is 15.8. The lowest BCUT2D eigenvalue weighted by Crippen LogP contribution is -2.55. The quantitative estimate of drug-likeness (QED) is 0.482. The van der Waals surface area contributed by atoms with Crippen LogP contribution in [0.3, 0.4) is 0 Å². The first-order valence-corrected chi connectivity index (χ1v) is 10.9. The molecule has 8 heteroatoms. The van der Waals surface area contributed by atoms with Gasteiger partial charge in [0.05, 0.1) is 7.11 Å². The van der Waals surface area contributed by atoms with Crippen LogP contribution in [0, 0.1) is 0 Å². The van der Waals surface area contributed by atoms with E-state index in [1.54, 1.807) is 43.4 Å². The highest BCUT2D eigenvalue weighted by Gasteiger charge is 2.47. The predicted octanol–water partition coefficient (Wildman–Crippen LogP) is 4.11. The van der Waals surface area contributed by atoms with E-state index in [0.29, 0.717) is 29.0 Å². The molecular formula is C25H26ClNO6. The summed E-state index contributed by atoms with van der Waals surface area (Å²) in [6, 6.07) is 11.6. The second kappa shape index (κ2) is 10.5. The van der Waals surface area contributed by atoms with E-state index in [0.717, 1.165) is 12.8 Å². The Hall–Kier alpha value is -3.32. The third-order valence-electron chi connectivity index (χ3n) is 5.87. The number of halogens is 1. The molecule has 0 spiro atoms. The van der Waals surface area contributed by atoms with Gasteiger partial charge in [-0.3, -0.25) is 9.59 Å². The number of rotatable bonds is 7. The molecule has 1 fully saturated rings. The Labute approximate surface area is 197 Å². The van der Waals surface area contributed by atoms with Crippen LogP contribution in [-0.4, -0.2) is 48.4 Å². The van der Waals surface area contributed by atoms with Gasteiger partial charge < -0.3 is 19.5 Å². The highest BCUT2D eigenvalue weighted by atomic mass is 35.5. The Kier molecular flexibility index (Phi) is 7.76. The SMILES string of the molecule is COc1cc(C=CC(=O)OCC(=O)N(C)C2(c3ccccc3Cl)CCCCC2=O)ccc1O. The van der Waals surface area contributed by atoms with Gasteiger partial charge in [0.25, 0.3) is 5.91 Å². The van der Waals surface area contributed by atoms with Crippen LogP contribution in [0.2, 0.25) is 5.02 Å². The second-order valence-electron chi connectivity index (χ2n) is 7.80. The summed E-state index contributed by atoms with van der Waals surface area (Å²) in [6.07, 6.45) is 4.99. The lowest BCUT2D eigenvalue weighted by molar-refractivity contribution is -0.155. The highest BCUT2D eigenvalue weighted by Crippen LogP contribution is 2.42. The standard InChI is InChI=1S/C25H26ClNO6/c1-27(25(14-6-5-9-22(25)29)18-7-3-4-8-19(18)26)23(30)16-33-24(31)13-11-17-10-12-20(28)21(15-17)32-2/h3-4,7-8,10-13,15,28H,5-6,9,14,16H2,1-2H3. The summed E-state index contributed by atoms with van der Waals surface area (Å²) >= 11 is 6.41. The molecule has 0 bridgehead atoms. The minimum atomic E-state index is -1.18. The van der Waals surface area contributed by atoms with Gasteiger partial charge in [-0.2, -0.15) is 0 Å². The van der Waals surface area contributed by atoms with E-state index < -0.39 is 24.0 Å². The third-order valence-corrected chi connectivity index (χ3v) is 6.20. The van der Waals surface area contributed by atoms with Gasteiger partial charge in [0.15, 0.2) is 23.9 Å². The number of ketones is 1. The van der Waals surface area contributed by atoms with Crippen LogP contribution in [0.1, 0.15) is 36.8 Å². The van der Waals surface area contributed by atoms with Crippen LogP contribution in [0.4, 0.5) is 0 Å². The molecule has 7 nitrogen and oxygen atoms in total. The zero-order valence-electron chi connectivity index (χ0n) is 18.5. The molecule has 2 aromatic carbocycles. The van der Waals surface area contributed by atoms with Crippen molar-refractivity contribution in [1.29, 1.82) is 0 Å². The van der Waals surface area contributed by atoms with E-state index in [9.17, 15) is 19.5 Å². The van der Waals surface area contributed by atoms with Crippen molar-refractivity contribution < 1.29 is 29.0 Å². The molecule has 1 unspecified atom stereocenters. The number of hydrogen-bond donors (Lipinski definition) is 1. The second-order valence-corrected chi connectivity index (χ2v) is 8.20. The average molecular weight is 472 g/mol. The zero-order chi connectivity index (χ0) is 24.0. The maximum Gasteiger partial charge on any atom is 0.331 e. The number of amides is 1. The Bertz CT molecular complexity index is 1080. The number of nitrogens with zero attached hydrogens (tertiary/aromatic N) is 1. The van der Waals surface area contributed by atoms with Crippen LogP contribution >= 0.6 is 11.6 Å². The number of carbonyl (C=O) groups is 3. The van der Waals surface area contributed by atoms with Gasteiger partial charge in [-0.25, -0.2) is 4.79 Å². The van der Waals surface area contributed by atoms with Gasteiger partial charge in [-0.1, -0.05) is 35.9 Å². The third kappa shape index (κ3) is 5.20. The molecule has 2 aromatic rings. The summed E-state index contributed by atoms with van der Waals surface area (Å²) < 4.78 is 10.2. The summed E-state index contributed by atoms with van der Waals surface area (Å²) in [4.78, 5) is 39.6. The molecular weight excluding hydrogens is 446 g/mol. The van der Waals surface area contributed by atoms with E-state index in [4.69, 9.17) is 21.1 Å². The first kappa shape index (κ1) is 24.3. The molecule has 1 amide bonds. The van der Waals surface area contributed by atoms with E-state index in [-0.39, 0.29) is 17.3 Å².